The number of hydrogen-bond acceptors (Lipinski definition) is 5. The van der Waals surface area contributed by atoms with Crippen LogP contribution in [0.15, 0.2) is 42.5 Å². The Morgan fingerprint density at radius 2 is 1.52 bits per heavy atom. The molecule has 0 spiro atoms. The molecule has 3 fully saturated rings. The number of halogens is 2. The van der Waals surface area contributed by atoms with Crippen molar-refractivity contribution in [3.8, 4) is 5.75 Å². The van der Waals surface area contributed by atoms with Gasteiger partial charge in [-0.05, 0) is 42.8 Å². The van der Waals surface area contributed by atoms with Crippen molar-refractivity contribution in [2.45, 2.75) is 18.5 Å². The van der Waals surface area contributed by atoms with Crippen LogP contribution in [0.25, 0.3) is 0 Å². The number of imide groups is 1. The van der Waals surface area contributed by atoms with E-state index in [2.05, 4.69) is 5.01 Å². The molecule has 2 aromatic carbocycles. The summed E-state index contributed by atoms with van der Waals surface area (Å²) in [6.45, 7) is 1.50. The van der Waals surface area contributed by atoms with Crippen LogP contribution in [0.4, 0.5) is 5.69 Å². The van der Waals surface area contributed by atoms with Gasteiger partial charge in [0.15, 0.2) is 0 Å². The zero-order valence-corrected chi connectivity index (χ0v) is 17.2. The number of anilines is 1. The molecule has 0 radical (unpaired) electrons. The maximum absolute atomic E-state index is 13.5. The Kier molecular flexibility index (Phi) is 4.55. The quantitative estimate of drug-likeness (QED) is 0.695. The first-order valence-corrected chi connectivity index (χ1v) is 10.3. The van der Waals surface area contributed by atoms with Gasteiger partial charge in [0, 0.05) is 28.7 Å². The van der Waals surface area contributed by atoms with Crippen molar-refractivity contribution in [3.63, 3.8) is 0 Å². The number of rotatable bonds is 3. The minimum atomic E-state index is -0.553. The van der Waals surface area contributed by atoms with Gasteiger partial charge in [0.1, 0.15) is 11.8 Å². The minimum absolute atomic E-state index is 0.206. The van der Waals surface area contributed by atoms with E-state index in [0.29, 0.717) is 27.0 Å². The molecule has 29 heavy (non-hydrogen) atoms. The minimum Gasteiger partial charge on any atom is -0.497 e. The summed E-state index contributed by atoms with van der Waals surface area (Å²) in [5, 5.41) is 5.15. The monoisotopic (exact) mass is 431 g/mol. The van der Waals surface area contributed by atoms with Crippen LogP contribution in [0.5, 0.6) is 5.75 Å². The van der Waals surface area contributed by atoms with Gasteiger partial charge in [-0.15, -0.1) is 0 Å². The number of carbonyl (C=O) groups is 2. The summed E-state index contributed by atoms with van der Waals surface area (Å²) in [6.07, 6.45) is 0.922. The van der Waals surface area contributed by atoms with Crippen LogP contribution >= 0.6 is 23.2 Å². The Balaban J connectivity index is 1.59. The first-order valence-electron chi connectivity index (χ1n) is 9.52. The van der Waals surface area contributed by atoms with Crippen LogP contribution in [0.1, 0.15) is 18.0 Å². The first kappa shape index (κ1) is 18.9. The van der Waals surface area contributed by atoms with E-state index in [1.807, 2.05) is 5.01 Å². The zero-order valence-electron chi connectivity index (χ0n) is 15.7. The predicted octanol–water partition coefficient (Wildman–Crippen LogP) is 3.54. The lowest BCUT2D eigenvalue weighted by Gasteiger charge is -2.30. The SMILES string of the molecule is COc1ccc(N2C(=O)C3C(C2=O)N2CCCN2C3c2c(Cl)cccc2Cl)cc1. The fourth-order valence-corrected chi connectivity index (χ4v) is 5.46. The van der Waals surface area contributed by atoms with Crippen molar-refractivity contribution >= 4 is 40.7 Å². The van der Waals surface area contributed by atoms with E-state index >= 15 is 0 Å². The summed E-state index contributed by atoms with van der Waals surface area (Å²) in [7, 11) is 1.57. The van der Waals surface area contributed by atoms with E-state index < -0.39 is 12.0 Å². The highest BCUT2D eigenvalue weighted by Gasteiger charge is 2.63. The maximum atomic E-state index is 13.5. The van der Waals surface area contributed by atoms with E-state index in [9.17, 15) is 9.59 Å². The van der Waals surface area contributed by atoms with E-state index in [1.54, 1.807) is 49.6 Å². The standard InChI is InChI=1S/C21H19Cl2N3O3/c1-29-13-8-6-12(7-9-13)26-20(27)17-18(16-14(22)4-2-5-15(16)23)24-10-3-11-25(24)19(17)21(26)28/h2,4-9,17-19H,3,10-11H2,1H3. The number of nitrogens with zero attached hydrogens (tertiary/aromatic N) is 3. The van der Waals surface area contributed by atoms with E-state index in [-0.39, 0.29) is 17.9 Å². The number of methoxy groups -OCH3 is 1. The van der Waals surface area contributed by atoms with E-state index in [4.69, 9.17) is 27.9 Å². The van der Waals surface area contributed by atoms with Crippen LogP contribution in [-0.2, 0) is 9.59 Å². The number of amides is 2. The lowest BCUT2D eigenvalue weighted by molar-refractivity contribution is -0.126. The number of benzene rings is 2. The number of ether oxygens (including phenoxy) is 1. The Morgan fingerprint density at radius 1 is 0.897 bits per heavy atom. The molecule has 2 amide bonds. The van der Waals surface area contributed by atoms with E-state index in [0.717, 1.165) is 19.5 Å². The fraction of sp³-hybridized carbons (Fsp3) is 0.333. The second-order valence-corrected chi connectivity index (χ2v) is 8.25. The van der Waals surface area contributed by atoms with Gasteiger partial charge in [-0.3, -0.25) is 9.59 Å². The van der Waals surface area contributed by atoms with Crippen LogP contribution < -0.4 is 9.64 Å². The Morgan fingerprint density at radius 3 is 2.14 bits per heavy atom. The lowest BCUT2D eigenvalue weighted by atomic mass is 9.89. The van der Waals surface area contributed by atoms with Crippen molar-refractivity contribution in [2.75, 3.05) is 25.1 Å². The molecular formula is C21H19Cl2N3O3. The van der Waals surface area contributed by atoms with Gasteiger partial charge in [0.2, 0.25) is 5.91 Å². The Bertz CT molecular complexity index is 977. The summed E-state index contributed by atoms with van der Waals surface area (Å²) < 4.78 is 5.19. The van der Waals surface area contributed by atoms with Gasteiger partial charge < -0.3 is 4.74 Å². The lowest BCUT2D eigenvalue weighted by Crippen LogP contribution is -2.44. The van der Waals surface area contributed by atoms with Crippen LogP contribution in [-0.4, -0.2) is 48.1 Å². The molecule has 0 aromatic heterocycles. The molecule has 0 saturated carbocycles. The third kappa shape index (κ3) is 2.70. The van der Waals surface area contributed by atoms with E-state index in [1.165, 1.54) is 4.90 Å². The normalized spacial score (nSPS) is 26.9. The number of hydrazine groups is 1. The van der Waals surface area contributed by atoms with Crippen LogP contribution in [0.3, 0.4) is 0 Å². The smallest absolute Gasteiger partial charge is 0.253 e. The largest absolute Gasteiger partial charge is 0.497 e. The number of carbonyl (C=O) groups excluding carboxylic acids is 2. The van der Waals surface area contributed by atoms with Gasteiger partial charge in [-0.2, -0.15) is 0 Å². The molecule has 150 valence electrons. The molecule has 3 unspecified atom stereocenters. The Hall–Kier alpha value is -2.12. The summed E-state index contributed by atoms with van der Waals surface area (Å²) in [5.41, 5.74) is 1.26. The summed E-state index contributed by atoms with van der Waals surface area (Å²) >= 11 is 13.0. The number of hydrogen-bond donors (Lipinski definition) is 0. The molecule has 0 N–H and O–H groups in total. The zero-order chi connectivity index (χ0) is 20.3. The molecule has 0 bridgehead atoms. The maximum Gasteiger partial charge on any atom is 0.253 e. The fourth-order valence-electron chi connectivity index (χ4n) is 4.84. The molecule has 2 aromatic rings. The predicted molar refractivity (Wildman–Crippen MR) is 110 cm³/mol. The van der Waals surface area contributed by atoms with Crippen LogP contribution in [0, 0.1) is 5.92 Å². The highest BCUT2D eigenvalue weighted by atomic mass is 35.5. The third-order valence-electron chi connectivity index (χ3n) is 6.03. The molecule has 3 atom stereocenters. The summed E-state index contributed by atoms with van der Waals surface area (Å²) in [6, 6.07) is 11.4. The molecule has 8 heteroatoms. The van der Waals surface area contributed by atoms with Gasteiger partial charge in [0.05, 0.1) is 24.8 Å². The topological polar surface area (TPSA) is 53.1 Å². The molecule has 6 nitrogen and oxygen atoms in total. The van der Waals surface area contributed by atoms with Gasteiger partial charge >= 0.3 is 0 Å². The Labute approximate surface area is 178 Å². The van der Waals surface area contributed by atoms with Gasteiger partial charge in [0.25, 0.3) is 5.91 Å². The second kappa shape index (κ2) is 6.99. The van der Waals surface area contributed by atoms with Crippen molar-refractivity contribution in [1.82, 2.24) is 10.0 Å². The second-order valence-electron chi connectivity index (χ2n) is 7.44. The number of fused-ring (bicyclic) bond motifs is 3. The molecule has 3 heterocycles. The molecule has 0 aliphatic carbocycles. The summed E-state index contributed by atoms with van der Waals surface area (Å²) in [5.74, 6) is -0.315. The van der Waals surface area contributed by atoms with Gasteiger partial charge in [-0.1, -0.05) is 29.3 Å². The average molecular weight is 432 g/mol. The van der Waals surface area contributed by atoms with Gasteiger partial charge in [-0.25, -0.2) is 14.9 Å². The molecule has 3 saturated heterocycles. The van der Waals surface area contributed by atoms with Crippen molar-refractivity contribution < 1.29 is 14.3 Å². The highest BCUT2D eigenvalue weighted by Crippen LogP contribution is 2.51. The van der Waals surface area contributed by atoms with Crippen molar-refractivity contribution in [1.29, 1.82) is 0 Å². The first-order chi connectivity index (χ1) is 14.0. The molecule has 3 aliphatic rings. The third-order valence-corrected chi connectivity index (χ3v) is 6.69. The van der Waals surface area contributed by atoms with Crippen LogP contribution in [0.2, 0.25) is 10.0 Å². The molecule has 3 aliphatic heterocycles. The van der Waals surface area contributed by atoms with Crippen molar-refractivity contribution in [2.24, 2.45) is 5.92 Å². The molecule has 5 rings (SSSR count). The van der Waals surface area contributed by atoms with Crippen molar-refractivity contribution in [3.05, 3.63) is 58.1 Å². The average Bonchev–Trinajstić information content (AvgIpc) is 3.35. The highest BCUT2D eigenvalue weighted by molar-refractivity contribution is 6.36. The summed E-state index contributed by atoms with van der Waals surface area (Å²) in [4.78, 5) is 28.2. The molecular weight excluding hydrogens is 413 g/mol.